The molecule has 0 amide bonds. The van der Waals surface area contributed by atoms with E-state index in [2.05, 4.69) is 17.1 Å². The number of thiazole rings is 1. The van der Waals surface area contributed by atoms with Crippen LogP contribution >= 0.6 is 11.3 Å². The summed E-state index contributed by atoms with van der Waals surface area (Å²) >= 11 is 1.54. The van der Waals surface area contributed by atoms with Gasteiger partial charge >= 0.3 is 0 Å². The van der Waals surface area contributed by atoms with Gasteiger partial charge in [0.1, 0.15) is 16.6 Å². The second-order valence-electron chi connectivity index (χ2n) is 5.49. The zero-order chi connectivity index (χ0) is 15.7. The molecule has 3 rings (SSSR count). The van der Waals surface area contributed by atoms with Crippen LogP contribution in [0.15, 0.2) is 36.1 Å². The number of aliphatic hydroxyl groups excluding tert-OH is 1. The molecule has 114 valence electrons. The molecule has 0 radical (unpaired) electrons. The maximum atomic E-state index is 10.2. The Morgan fingerprint density at radius 1 is 1.27 bits per heavy atom. The van der Waals surface area contributed by atoms with Crippen LogP contribution < -0.4 is 0 Å². The molecule has 22 heavy (non-hydrogen) atoms. The minimum Gasteiger partial charge on any atom is -0.510 e. The molecule has 5 heteroatoms. The second kappa shape index (κ2) is 5.93. The van der Waals surface area contributed by atoms with Gasteiger partial charge in [0.2, 0.25) is 0 Å². The smallest absolute Gasteiger partial charge is 0.135 e. The van der Waals surface area contributed by atoms with Gasteiger partial charge in [-0.15, -0.1) is 11.3 Å². The Labute approximate surface area is 134 Å². The number of aryl methyl sites for hydroxylation is 2. The van der Waals surface area contributed by atoms with Gasteiger partial charge in [0, 0.05) is 11.4 Å². The first-order chi connectivity index (χ1) is 10.6. The number of hydrogen-bond donors (Lipinski definition) is 2. The minimum atomic E-state index is 0.256. The first kappa shape index (κ1) is 14.8. The molecule has 4 nitrogen and oxygen atoms in total. The second-order valence-corrected chi connectivity index (χ2v) is 6.69. The summed E-state index contributed by atoms with van der Waals surface area (Å²) in [5.74, 6) is 0.633. The van der Waals surface area contributed by atoms with Crippen LogP contribution in [0.5, 0.6) is 0 Å². The molecule has 0 spiro atoms. The number of aromatic nitrogens is 1. The van der Waals surface area contributed by atoms with Crippen molar-refractivity contribution >= 4 is 22.7 Å². The number of nitrogens with one attached hydrogen (secondary N) is 1. The third-order valence-corrected chi connectivity index (χ3v) is 5.03. The van der Waals surface area contributed by atoms with E-state index in [1.54, 1.807) is 0 Å². The standard InChI is InChI=1S/C17H19N3OS/c1-11-12(2)22-17(19-11)15-14(21)10-20(16(15)18)9-8-13-6-4-3-5-7-13/h3-7,18,21H,8-10H2,1-2H3. The van der Waals surface area contributed by atoms with Gasteiger partial charge in [-0.1, -0.05) is 30.3 Å². The molecule has 2 heterocycles. The number of benzene rings is 1. The van der Waals surface area contributed by atoms with Crippen LogP contribution in [-0.4, -0.2) is 33.9 Å². The molecule has 0 saturated heterocycles. The maximum Gasteiger partial charge on any atom is 0.135 e. The summed E-state index contributed by atoms with van der Waals surface area (Å²) in [4.78, 5) is 7.52. The lowest BCUT2D eigenvalue weighted by Gasteiger charge is -2.18. The lowest BCUT2D eigenvalue weighted by molar-refractivity contribution is 0.351. The fraction of sp³-hybridized carbons (Fsp3) is 0.294. The third kappa shape index (κ3) is 2.76. The predicted molar refractivity (Wildman–Crippen MR) is 90.6 cm³/mol. The lowest BCUT2D eigenvalue weighted by atomic mass is 10.1. The van der Waals surface area contributed by atoms with Crippen molar-refractivity contribution in [1.29, 1.82) is 5.41 Å². The van der Waals surface area contributed by atoms with Crippen molar-refractivity contribution in [3.05, 3.63) is 57.2 Å². The molecule has 0 aliphatic carbocycles. The van der Waals surface area contributed by atoms with Crippen molar-refractivity contribution in [1.82, 2.24) is 9.88 Å². The SMILES string of the molecule is Cc1nc(C2=C(O)CN(CCc3ccccc3)C2=N)sc1C. The van der Waals surface area contributed by atoms with Gasteiger partial charge < -0.3 is 10.0 Å². The highest BCUT2D eigenvalue weighted by molar-refractivity contribution is 7.13. The van der Waals surface area contributed by atoms with Crippen molar-refractivity contribution < 1.29 is 5.11 Å². The average Bonchev–Trinajstić information content (AvgIpc) is 2.97. The summed E-state index contributed by atoms with van der Waals surface area (Å²) in [7, 11) is 0. The Morgan fingerprint density at radius 2 is 2.00 bits per heavy atom. The fourth-order valence-electron chi connectivity index (χ4n) is 2.54. The molecular formula is C17H19N3OS. The summed E-state index contributed by atoms with van der Waals surface area (Å²) in [5.41, 5.74) is 2.80. The topological polar surface area (TPSA) is 60.2 Å². The minimum absolute atomic E-state index is 0.256. The first-order valence-corrected chi connectivity index (χ1v) is 8.12. The number of rotatable bonds is 4. The Balaban J connectivity index is 1.73. The van der Waals surface area contributed by atoms with Crippen LogP contribution in [-0.2, 0) is 6.42 Å². The third-order valence-electron chi connectivity index (χ3n) is 3.94. The normalized spacial score (nSPS) is 15.0. The van der Waals surface area contributed by atoms with Gasteiger partial charge in [-0.05, 0) is 25.8 Å². The molecular weight excluding hydrogens is 294 g/mol. The monoisotopic (exact) mass is 313 g/mol. The maximum absolute atomic E-state index is 10.2. The highest BCUT2D eigenvalue weighted by Crippen LogP contribution is 2.31. The molecule has 0 atom stereocenters. The van der Waals surface area contributed by atoms with E-state index in [0.717, 1.165) is 28.5 Å². The van der Waals surface area contributed by atoms with Crippen LogP contribution in [0.1, 0.15) is 21.1 Å². The average molecular weight is 313 g/mol. The number of nitrogens with zero attached hydrogens (tertiary/aromatic N) is 2. The van der Waals surface area contributed by atoms with E-state index < -0.39 is 0 Å². The van der Waals surface area contributed by atoms with Crippen molar-refractivity contribution in [2.24, 2.45) is 0 Å². The molecule has 0 bridgehead atoms. The first-order valence-electron chi connectivity index (χ1n) is 7.30. The molecule has 2 N–H and O–H groups in total. The van der Waals surface area contributed by atoms with Crippen molar-refractivity contribution in [2.75, 3.05) is 13.1 Å². The molecule has 1 aromatic carbocycles. The van der Waals surface area contributed by atoms with Gasteiger partial charge in [-0.2, -0.15) is 0 Å². The number of hydrogen-bond acceptors (Lipinski definition) is 4. The Kier molecular flexibility index (Phi) is 3.98. The predicted octanol–water partition coefficient (Wildman–Crippen LogP) is 3.56. The van der Waals surface area contributed by atoms with Crippen molar-refractivity contribution in [2.45, 2.75) is 20.3 Å². The zero-order valence-corrected chi connectivity index (χ0v) is 13.6. The van der Waals surface area contributed by atoms with Gasteiger partial charge in [0.15, 0.2) is 0 Å². The Bertz CT molecular complexity index is 714. The van der Waals surface area contributed by atoms with E-state index in [-0.39, 0.29) is 5.76 Å². The highest BCUT2D eigenvalue weighted by atomic mass is 32.1. The fourth-order valence-corrected chi connectivity index (χ4v) is 3.52. The quantitative estimate of drug-likeness (QED) is 0.907. The molecule has 1 aromatic heterocycles. The van der Waals surface area contributed by atoms with Crippen LogP contribution in [0.2, 0.25) is 0 Å². The Hall–Kier alpha value is -2.14. The van der Waals surface area contributed by atoms with Crippen molar-refractivity contribution in [3.8, 4) is 0 Å². The molecule has 1 aliphatic heterocycles. The van der Waals surface area contributed by atoms with Crippen LogP contribution in [0.3, 0.4) is 0 Å². The highest BCUT2D eigenvalue weighted by Gasteiger charge is 2.30. The molecule has 0 fully saturated rings. The van der Waals surface area contributed by atoms with E-state index in [1.807, 2.05) is 36.9 Å². The largest absolute Gasteiger partial charge is 0.510 e. The van der Waals surface area contributed by atoms with Crippen LogP contribution in [0, 0.1) is 19.3 Å². The van der Waals surface area contributed by atoms with E-state index in [1.165, 1.54) is 16.9 Å². The lowest BCUT2D eigenvalue weighted by Crippen LogP contribution is -2.28. The van der Waals surface area contributed by atoms with Crippen LogP contribution in [0.25, 0.3) is 5.57 Å². The van der Waals surface area contributed by atoms with E-state index >= 15 is 0 Å². The van der Waals surface area contributed by atoms with Gasteiger partial charge in [-0.3, -0.25) is 5.41 Å². The zero-order valence-electron chi connectivity index (χ0n) is 12.8. The molecule has 0 unspecified atom stereocenters. The molecule has 0 saturated carbocycles. The molecule has 2 aromatic rings. The van der Waals surface area contributed by atoms with Crippen molar-refractivity contribution in [3.63, 3.8) is 0 Å². The number of aliphatic hydroxyl groups is 1. The summed E-state index contributed by atoms with van der Waals surface area (Å²) in [6.45, 7) is 5.09. The van der Waals surface area contributed by atoms with E-state index in [4.69, 9.17) is 5.41 Å². The van der Waals surface area contributed by atoms with Gasteiger partial charge in [0.25, 0.3) is 0 Å². The number of amidine groups is 1. The van der Waals surface area contributed by atoms with Crippen LogP contribution in [0.4, 0.5) is 0 Å². The van der Waals surface area contributed by atoms with E-state index in [0.29, 0.717) is 18.0 Å². The van der Waals surface area contributed by atoms with Gasteiger partial charge in [-0.25, -0.2) is 4.98 Å². The summed E-state index contributed by atoms with van der Waals surface area (Å²) in [5, 5.41) is 19.3. The van der Waals surface area contributed by atoms with E-state index in [9.17, 15) is 5.11 Å². The molecule has 1 aliphatic rings. The Morgan fingerprint density at radius 3 is 2.64 bits per heavy atom. The summed E-state index contributed by atoms with van der Waals surface area (Å²) in [6, 6.07) is 10.2. The summed E-state index contributed by atoms with van der Waals surface area (Å²) in [6.07, 6.45) is 0.861. The van der Waals surface area contributed by atoms with Gasteiger partial charge in [0.05, 0.1) is 17.8 Å². The summed E-state index contributed by atoms with van der Waals surface area (Å²) < 4.78 is 0.